The molecule has 4 rings (SSSR count). The van der Waals surface area contributed by atoms with E-state index in [-0.39, 0.29) is 28.3 Å². The summed E-state index contributed by atoms with van der Waals surface area (Å²) in [5.74, 6) is -0.681. The fourth-order valence-corrected chi connectivity index (χ4v) is 4.46. The molecule has 5 nitrogen and oxygen atoms in total. The number of benzene rings is 3. The van der Waals surface area contributed by atoms with Crippen LogP contribution in [0.15, 0.2) is 71.6 Å². The highest BCUT2D eigenvalue weighted by molar-refractivity contribution is 8.18. The van der Waals surface area contributed by atoms with Gasteiger partial charge in [-0.25, -0.2) is 4.79 Å². The summed E-state index contributed by atoms with van der Waals surface area (Å²) in [5, 5.41) is 0.849. The number of carbonyl (C=O) groups is 3. The minimum atomic E-state index is -0.618. The van der Waals surface area contributed by atoms with Crippen molar-refractivity contribution in [2.75, 3.05) is 0 Å². The predicted molar refractivity (Wildman–Crippen MR) is 131 cm³/mol. The maximum absolute atomic E-state index is 12.7. The zero-order chi connectivity index (χ0) is 23.5. The molecule has 0 unspecified atom stereocenters. The third-order valence-corrected chi connectivity index (χ3v) is 6.37. The largest absolute Gasteiger partial charge is 0.423 e. The number of nitrogens with zero attached hydrogens (tertiary/aromatic N) is 1. The van der Waals surface area contributed by atoms with Gasteiger partial charge in [-0.2, -0.15) is 0 Å². The van der Waals surface area contributed by atoms with Crippen LogP contribution < -0.4 is 4.74 Å². The number of imide groups is 1. The Kier molecular flexibility index (Phi) is 7.10. The van der Waals surface area contributed by atoms with Gasteiger partial charge in [-0.3, -0.25) is 14.5 Å². The van der Waals surface area contributed by atoms with Crippen LogP contribution in [0, 0.1) is 0 Å². The molecule has 1 fully saturated rings. The molecule has 166 valence electrons. The second-order valence-corrected chi connectivity index (χ2v) is 9.25. The molecule has 0 atom stereocenters. The van der Waals surface area contributed by atoms with Gasteiger partial charge >= 0.3 is 5.97 Å². The SMILES string of the molecule is O=C(Oc1ccc(/C=C2\SC(=O)N(Cc3ccc(Cl)cc3)C2=O)cc1)c1ccc(Cl)cc1Cl. The molecular formula is C24H14Cl3NO4S. The number of halogens is 3. The molecule has 1 heterocycles. The normalized spacial score (nSPS) is 14.8. The quantitative estimate of drug-likeness (QED) is 0.205. The van der Waals surface area contributed by atoms with Crippen LogP contribution in [-0.4, -0.2) is 22.0 Å². The number of ether oxygens (including phenoxy) is 1. The van der Waals surface area contributed by atoms with Gasteiger partial charge in [0.15, 0.2) is 0 Å². The molecular weight excluding hydrogens is 505 g/mol. The Labute approximate surface area is 208 Å². The predicted octanol–water partition coefficient (Wildman–Crippen LogP) is 7.10. The lowest BCUT2D eigenvalue weighted by Gasteiger charge is -2.12. The van der Waals surface area contributed by atoms with Gasteiger partial charge in [0.2, 0.25) is 0 Å². The zero-order valence-electron chi connectivity index (χ0n) is 16.8. The van der Waals surface area contributed by atoms with Gasteiger partial charge < -0.3 is 4.74 Å². The van der Waals surface area contributed by atoms with Crippen molar-refractivity contribution in [3.63, 3.8) is 0 Å². The van der Waals surface area contributed by atoms with E-state index >= 15 is 0 Å². The van der Waals surface area contributed by atoms with Crippen LogP contribution in [0.5, 0.6) is 5.75 Å². The van der Waals surface area contributed by atoms with Crippen molar-refractivity contribution in [1.82, 2.24) is 4.90 Å². The summed E-state index contributed by atoms with van der Waals surface area (Å²) in [6, 6.07) is 18.0. The van der Waals surface area contributed by atoms with Crippen LogP contribution >= 0.6 is 46.6 Å². The van der Waals surface area contributed by atoms with Crippen molar-refractivity contribution in [3.8, 4) is 5.75 Å². The first kappa shape index (κ1) is 23.4. The van der Waals surface area contributed by atoms with Crippen LogP contribution in [0.2, 0.25) is 15.1 Å². The first-order valence-corrected chi connectivity index (χ1v) is 11.5. The summed E-state index contributed by atoms with van der Waals surface area (Å²) in [5.41, 5.74) is 1.67. The summed E-state index contributed by atoms with van der Waals surface area (Å²) in [6.07, 6.45) is 1.62. The lowest BCUT2D eigenvalue weighted by atomic mass is 10.2. The van der Waals surface area contributed by atoms with Crippen molar-refractivity contribution in [3.05, 3.63) is 103 Å². The molecule has 0 aliphatic carbocycles. The first-order chi connectivity index (χ1) is 15.8. The number of carbonyl (C=O) groups excluding carboxylic acids is 3. The van der Waals surface area contributed by atoms with Crippen molar-refractivity contribution in [2.24, 2.45) is 0 Å². The standard InChI is InChI=1S/C24H14Cl3NO4S/c25-16-5-1-15(2-6-16)13-28-22(29)21(33-24(28)31)11-14-3-8-18(9-4-14)32-23(30)19-10-7-17(26)12-20(19)27/h1-12H,13H2/b21-11-. The van der Waals surface area contributed by atoms with Crippen molar-refractivity contribution in [2.45, 2.75) is 6.54 Å². The van der Waals surface area contributed by atoms with Gasteiger partial charge in [-0.05, 0) is 71.4 Å². The molecule has 1 saturated heterocycles. The van der Waals surface area contributed by atoms with Gasteiger partial charge in [0.1, 0.15) is 5.75 Å². The maximum Gasteiger partial charge on any atom is 0.345 e. The van der Waals surface area contributed by atoms with E-state index < -0.39 is 5.97 Å². The fourth-order valence-electron chi connectivity index (χ4n) is 3.01. The van der Waals surface area contributed by atoms with Crippen LogP contribution in [0.4, 0.5) is 4.79 Å². The van der Waals surface area contributed by atoms with Crippen molar-refractivity contribution < 1.29 is 19.1 Å². The zero-order valence-corrected chi connectivity index (χ0v) is 19.8. The fraction of sp³-hybridized carbons (Fsp3) is 0.0417. The second kappa shape index (κ2) is 10.0. The van der Waals surface area contributed by atoms with E-state index in [9.17, 15) is 14.4 Å². The van der Waals surface area contributed by atoms with E-state index in [0.717, 1.165) is 17.3 Å². The van der Waals surface area contributed by atoms with E-state index in [1.54, 1.807) is 60.7 Å². The highest BCUT2D eigenvalue weighted by Crippen LogP contribution is 2.33. The molecule has 0 saturated carbocycles. The highest BCUT2D eigenvalue weighted by atomic mass is 35.5. The van der Waals surface area contributed by atoms with Gasteiger partial charge in [-0.1, -0.05) is 59.1 Å². The molecule has 0 bridgehead atoms. The smallest absolute Gasteiger partial charge is 0.345 e. The Balaban J connectivity index is 1.44. The Morgan fingerprint density at radius 1 is 0.909 bits per heavy atom. The molecule has 0 spiro atoms. The van der Waals surface area contributed by atoms with Crippen molar-refractivity contribution in [1.29, 1.82) is 0 Å². The van der Waals surface area contributed by atoms with E-state index in [2.05, 4.69) is 0 Å². The van der Waals surface area contributed by atoms with E-state index in [1.807, 2.05) is 0 Å². The number of hydrogen-bond donors (Lipinski definition) is 0. The van der Waals surface area contributed by atoms with Gasteiger partial charge in [0.25, 0.3) is 11.1 Å². The number of esters is 1. The number of thioether (sulfide) groups is 1. The number of hydrogen-bond acceptors (Lipinski definition) is 5. The molecule has 3 aromatic carbocycles. The molecule has 33 heavy (non-hydrogen) atoms. The monoisotopic (exact) mass is 517 g/mol. The van der Waals surface area contributed by atoms with Crippen LogP contribution in [0.1, 0.15) is 21.5 Å². The molecule has 3 aromatic rings. The molecule has 0 radical (unpaired) electrons. The summed E-state index contributed by atoms with van der Waals surface area (Å²) < 4.78 is 5.35. The number of rotatable bonds is 5. The molecule has 1 aliphatic rings. The second-order valence-electron chi connectivity index (χ2n) is 6.98. The lowest BCUT2D eigenvalue weighted by molar-refractivity contribution is -0.123. The Morgan fingerprint density at radius 3 is 2.24 bits per heavy atom. The molecule has 1 aliphatic heterocycles. The van der Waals surface area contributed by atoms with Gasteiger partial charge in [0.05, 0.1) is 22.0 Å². The van der Waals surface area contributed by atoms with Gasteiger partial charge in [-0.15, -0.1) is 0 Å². The average Bonchev–Trinajstić information content (AvgIpc) is 3.03. The summed E-state index contributed by atoms with van der Waals surface area (Å²) in [7, 11) is 0. The van der Waals surface area contributed by atoms with Crippen LogP contribution in [0.25, 0.3) is 6.08 Å². The minimum absolute atomic E-state index is 0.168. The minimum Gasteiger partial charge on any atom is -0.423 e. The van der Waals surface area contributed by atoms with Crippen molar-refractivity contribution >= 4 is 69.8 Å². The van der Waals surface area contributed by atoms with E-state index in [4.69, 9.17) is 39.5 Å². The Hall–Kier alpha value is -2.77. The summed E-state index contributed by atoms with van der Waals surface area (Å²) in [4.78, 5) is 38.9. The van der Waals surface area contributed by atoms with Crippen LogP contribution in [-0.2, 0) is 11.3 Å². The summed E-state index contributed by atoms with van der Waals surface area (Å²) in [6.45, 7) is 0.168. The third kappa shape index (κ3) is 5.60. The topological polar surface area (TPSA) is 63.7 Å². The van der Waals surface area contributed by atoms with E-state index in [1.165, 1.54) is 17.0 Å². The summed E-state index contributed by atoms with van der Waals surface area (Å²) >= 11 is 18.6. The first-order valence-electron chi connectivity index (χ1n) is 9.57. The Morgan fingerprint density at radius 2 is 1.58 bits per heavy atom. The third-order valence-electron chi connectivity index (χ3n) is 4.67. The van der Waals surface area contributed by atoms with E-state index in [0.29, 0.717) is 26.3 Å². The van der Waals surface area contributed by atoms with Gasteiger partial charge in [0, 0.05) is 10.0 Å². The lowest BCUT2D eigenvalue weighted by Crippen LogP contribution is -2.27. The maximum atomic E-state index is 12.7. The molecule has 9 heteroatoms. The molecule has 0 aromatic heterocycles. The molecule has 2 amide bonds. The molecule has 0 N–H and O–H groups in total. The van der Waals surface area contributed by atoms with Crippen LogP contribution in [0.3, 0.4) is 0 Å². The average molecular weight is 519 g/mol. The Bertz CT molecular complexity index is 1270. The number of amides is 2. The highest BCUT2D eigenvalue weighted by Gasteiger charge is 2.34.